The molecule has 0 saturated heterocycles. The largest absolute Gasteiger partial charge is 0.215 e. The first-order valence-electron chi connectivity index (χ1n) is 6.81. The summed E-state index contributed by atoms with van der Waals surface area (Å²) >= 11 is 5.85. The smallest absolute Gasteiger partial charge is 0.215 e. The van der Waals surface area contributed by atoms with Crippen LogP contribution >= 0.6 is 11.6 Å². The molecule has 3 nitrogen and oxygen atoms in total. The third-order valence-corrected chi connectivity index (χ3v) is 4.65. The molecule has 0 radical (unpaired) electrons. The average Bonchev–Trinajstić information content (AvgIpc) is 2.44. The van der Waals surface area contributed by atoms with Crippen LogP contribution in [-0.2, 0) is 22.2 Å². The van der Waals surface area contributed by atoms with E-state index < -0.39 is 10.0 Å². The Morgan fingerprint density at radius 2 is 1.67 bits per heavy atom. The van der Waals surface area contributed by atoms with Crippen molar-refractivity contribution in [3.05, 3.63) is 70.7 Å². The Hall–Kier alpha value is -1.36. The molecule has 0 aromatic heterocycles. The van der Waals surface area contributed by atoms with Crippen LogP contribution in [0.4, 0.5) is 0 Å². The van der Waals surface area contributed by atoms with Gasteiger partial charge in [-0.2, -0.15) is 0 Å². The van der Waals surface area contributed by atoms with Crippen molar-refractivity contribution in [2.45, 2.75) is 18.6 Å². The Bertz CT molecular complexity index is 672. The third-order valence-electron chi connectivity index (χ3n) is 3.05. The van der Waals surface area contributed by atoms with E-state index in [1.807, 2.05) is 30.3 Å². The predicted molar refractivity (Wildman–Crippen MR) is 86.8 cm³/mol. The van der Waals surface area contributed by atoms with Gasteiger partial charge in [0.15, 0.2) is 0 Å². The fourth-order valence-electron chi connectivity index (χ4n) is 2.06. The van der Waals surface area contributed by atoms with E-state index in [-0.39, 0.29) is 5.75 Å². The molecule has 0 fully saturated rings. The van der Waals surface area contributed by atoms with Crippen molar-refractivity contribution in [3.63, 3.8) is 0 Å². The lowest BCUT2D eigenvalue weighted by Crippen LogP contribution is -2.26. The van der Waals surface area contributed by atoms with Gasteiger partial charge in [0.1, 0.15) is 0 Å². The standard InChI is InChI=1S/C16H18ClNO2S/c17-16-10-4-8-15(12-16)13-21(19,20)18-11-5-9-14-6-2-1-3-7-14/h1-4,6-8,10,12,18H,5,9,11,13H2. The summed E-state index contributed by atoms with van der Waals surface area (Å²) in [5, 5.41) is 0.548. The zero-order chi connectivity index (χ0) is 15.1. The van der Waals surface area contributed by atoms with Crippen LogP contribution in [0.2, 0.25) is 5.02 Å². The van der Waals surface area contributed by atoms with Crippen LogP contribution in [0.3, 0.4) is 0 Å². The van der Waals surface area contributed by atoms with Crippen LogP contribution < -0.4 is 4.72 Å². The molecule has 1 N–H and O–H groups in total. The maximum absolute atomic E-state index is 12.0. The molecule has 21 heavy (non-hydrogen) atoms. The minimum atomic E-state index is -3.31. The van der Waals surface area contributed by atoms with Crippen LogP contribution in [0.1, 0.15) is 17.5 Å². The number of rotatable bonds is 7. The van der Waals surface area contributed by atoms with Gasteiger partial charge in [-0.05, 0) is 36.1 Å². The van der Waals surface area contributed by atoms with Gasteiger partial charge in [-0.3, -0.25) is 0 Å². The fourth-order valence-corrected chi connectivity index (χ4v) is 3.45. The monoisotopic (exact) mass is 323 g/mol. The molecule has 112 valence electrons. The zero-order valence-corrected chi connectivity index (χ0v) is 13.2. The SMILES string of the molecule is O=S(=O)(Cc1cccc(Cl)c1)NCCCc1ccccc1. The normalized spacial score (nSPS) is 11.5. The van der Waals surface area contributed by atoms with E-state index in [1.54, 1.807) is 24.3 Å². The highest BCUT2D eigenvalue weighted by atomic mass is 35.5. The van der Waals surface area contributed by atoms with Gasteiger partial charge in [0.25, 0.3) is 0 Å². The molecule has 0 unspecified atom stereocenters. The summed E-state index contributed by atoms with van der Waals surface area (Å²) in [5.74, 6) is -0.0428. The van der Waals surface area contributed by atoms with Gasteiger partial charge in [0.2, 0.25) is 10.0 Å². The minimum Gasteiger partial charge on any atom is -0.215 e. The Balaban J connectivity index is 1.79. The van der Waals surface area contributed by atoms with Gasteiger partial charge in [-0.25, -0.2) is 13.1 Å². The van der Waals surface area contributed by atoms with E-state index in [1.165, 1.54) is 5.56 Å². The van der Waals surface area contributed by atoms with Crippen molar-refractivity contribution >= 4 is 21.6 Å². The quantitative estimate of drug-likeness (QED) is 0.794. The second-order valence-corrected chi connectivity index (χ2v) is 7.12. The summed E-state index contributed by atoms with van der Waals surface area (Å²) < 4.78 is 26.6. The number of benzene rings is 2. The molecule has 0 spiro atoms. The average molecular weight is 324 g/mol. The topological polar surface area (TPSA) is 46.2 Å². The summed E-state index contributed by atoms with van der Waals surface area (Å²) in [7, 11) is -3.31. The highest BCUT2D eigenvalue weighted by Gasteiger charge is 2.10. The van der Waals surface area contributed by atoms with Crippen molar-refractivity contribution < 1.29 is 8.42 Å². The van der Waals surface area contributed by atoms with E-state index in [2.05, 4.69) is 4.72 Å². The highest BCUT2D eigenvalue weighted by molar-refractivity contribution is 7.88. The molecule has 0 aliphatic rings. The summed E-state index contributed by atoms with van der Waals surface area (Å²) in [6, 6.07) is 16.9. The van der Waals surface area contributed by atoms with Crippen LogP contribution in [-0.4, -0.2) is 15.0 Å². The van der Waals surface area contributed by atoms with Gasteiger partial charge >= 0.3 is 0 Å². The second kappa shape index (κ2) is 7.59. The molecule has 5 heteroatoms. The lowest BCUT2D eigenvalue weighted by molar-refractivity contribution is 0.578. The maximum atomic E-state index is 12.0. The van der Waals surface area contributed by atoms with Crippen molar-refractivity contribution in [1.29, 1.82) is 0 Å². The molecule has 0 aliphatic heterocycles. The van der Waals surface area contributed by atoms with Gasteiger partial charge in [0.05, 0.1) is 5.75 Å². The van der Waals surface area contributed by atoms with Crippen molar-refractivity contribution in [1.82, 2.24) is 4.72 Å². The van der Waals surface area contributed by atoms with Gasteiger partial charge in [-0.15, -0.1) is 0 Å². The Kier molecular flexibility index (Phi) is 5.79. The summed E-state index contributed by atoms with van der Waals surface area (Å²) in [6.45, 7) is 0.442. The molecule has 0 bridgehead atoms. The molecule has 2 aromatic carbocycles. The molecule has 0 saturated carbocycles. The van der Waals surface area contributed by atoms with Gasteiger partial charge in [-0.1, -0.05) is 54.1 Å². The first-order chi connectivity index (χ1) is 10.1. The molecule has 2 rings (SSSR count). The predicted octanol–water partition coefficient (Wildman–Crippen LogP) is 3.39. The van der Waals surface area contributed by atoms with Crippen LogP contribution in [0.25, 0.3) is 0 Å². The first-order valence-corrected chi connectivity index (χ1v) is 8.84. The zero-order valence-electron chi connectivity index (χ0n) is 11.6. The van der Waals surface area contributed by atoms with E-state index >= 15 is 0 Å². The van der Waals surface area contributed by atoms with Gasteiger partial charge < -0.3 is 0 Å². The van der Waals surface area contributed by atoms with E-state index in [0.717, 1.165) is 12.8 Å². The lowest BCUT2D eigenvalue weighted by atomic mass is 10.1. The lowest BCUT2D eigenvalue weighted by Gasteiger charge is -2.07. The highest BCUT2D eigenvalue weighted by Crippen LogP contribution is 2.12. The summed E-state index contributed by atoms with van der Waals surface area (Å²) in [6.07, 6.45) is 1.64. The number of aryl methyl sites for hydroxylation is 1. The number of hydrogen-bond donors (Lipinski definition) is 1. The number of nitrogens with one attached hydrogen (secondary N) is 1. The van der Waals surface area contributed by atoms with E-state index in [9.17, 15) is 8.42 Å². The van der Waals surface area contributed by atoms with Crippen LogP contribution in [0, 0.1) is 0 Å². The maximum Gasteiger partial charge on any atom is 0.215 e. The molecular weight excluding hydrogens is 306 g/mol. The third kappa shape index (κ3) is 5.87. The molecule has 0 atom stereocenters. The minimum absolute atomic E-state index is 0.0428. The van der Waals surface area contributed by atoms with E-state index in [0.29, 0.717) is 17.1 Å². The molecule has 0 aliphatic carbocycles. The Morgan fingerprint density at radius 3 is 2.38 bits per heavy atom. The molecule has 0 heterocycles. The van der Waals surface area contributed by atoms with Crippen LogP contribution in [0.15, 0.2) is 54.6 Å². The van der Waals surface area contributed by atoms with Crippen molar-refractivity contribution in [2.24, 2.45) is 0 Å². The van der Waals surface area contributed by atoms with Crippen molar-refractivity contribution in [2.75, 3.05) is 6.54 Å². The summed E-state index contributed by atoms with van der Waals surface area (Å²) in [5.41, 5.74) is 1.91. The fraction of sp³-hybridized carbons (Fsp3) is 0.250. The second-order valence-electron chi connectivity index (χ2n) is 4.87. The molecule has 0 amide bonds. The Labute approximate surface area is 131 Å². The van der Waals surface area contributed by atoms with Crippen LogP contribution in [0.5, 0.6) is 0 Å². The van der Waals surface area contributed by atoms with E-state index in [4.69, 9.17) is 11.6 Å². The van der Waals surface area contributed by atoms with Gasteiger partial charge in [0, 0.05) is 11.6 Å². The Morgan fingerprint density at radius 1 is 0.952 bits per heavy atom. The summed E-state index contributed by atoms with van der Waals surface area (Å²) in [4.78, 5) is 0. The van der Waals surface area contributed by atoms with Crippen molar-refractivity contribution in [3.8, 4) is 0 Å². The first kappa shape index (κ1) is 16.0. The number of sulfonamides is 1. The number of halogens is 1. The molecule has 2 aromatic rings. The number of hydrogen-bond acceptors (Lipinski definition) is 2. The molecular formula is C16H18ClNO2S.